The number of benzene rings is 2. The Balaban J connectivity index is 1.59. The van der Waals surface area contributed by atoms with Crippen molar-refractivity contribution in [1.29, 1.82) is 0 Å². The number of carbonyl (C=O) groups is 1. The van der Waals surface area contributed by atoms with E-state index in [1.165, 1.54) is 11.1 Å². The summed E-state index contributed by atoms with van der Waals surface area (Å²) >= 11 is 0. The largest absolute Gasteiger partial charge is 0.339 e. The lowest BCUT2D eigenvalue weighted by atomic mass is 10.1. The van der Waals surface area contributed by atoms with Gasteiger partial charge in [0.2, 0.25) is 5.91 Å². The number of amides is 1. The van der Waals surface area contributed by atoms with Crippen molar-refractivity contribution in [3.05, 3.63) is 83.7 Å². The number of hydrogen-bond acceptors (Lipinski definition) is 2. The van der Waals surface area contributed by atoms with Gasteiger partial charge in [-0.1, -0.05) is 42.5 Å². The molecule has 0 unspecified atom stereocenters. The summed E-state index contributed by atoms with van der Waals surface area (Å²) < 4.78 is 1.85. The quantitative estimate of drug-likeness (QED) is 0.643. The van der Waals surface area contributed by atoms with Crippen LogP contribution in [0.25, 0.3) is 5.69 Å². The van der Waals surface area contributed by atoms with Gasteiger partial charge in [0.05, 0.1) is 11.9 Å². The minimum Gasteiger partial charge on any atom is -0.339 e. The van der Waals surface area contributed by atoms with E-state index in [1.807, 2.05) is 71.4 Å². The molecule has 0 spiro atoms. The van der Waals surface area contributed by atoms with Gasteiger partial charge in [-0.3, -0.25) is 4.79 Å². The molecule has 0 saturated carbocycles. The average Bonchev–Trinajstić information content (AvgIpc) is 3.15. The van der Waals surface area contributed by atoms with E-state index >= 15 is 0 Å². The van der Waals surface area contributed by atoms with Crippen LogP contribution in [0.1, 0.15) is 30.0 Å². The summed E-state index contributed by atoms with van der Waals surface area (Å²) in [5, 5.41) is 4.40. The Bertz CT molecular complexity index is 855. The fourth-order valence-corrected chi connectivity index (χ4v) is 2.99. The lowest BCUT2D eigenvalue weighted by molar-refractivity contribution is -0.131. The Hall–Kier alpha value is -2.88. The van der Waals surface area contributed by atoms with Crippen LogP contribution in [0.2, 0.25) is 0 Å². The minimum atomic E-state index is 0.184. The highest BCUT2D eigenvalue weighted by molar-refractivity contribution is 5.76. The molecule has 4 heteroatoms. The van der Waals surface area contributed by atoms with Crippen molar-refractivity contribution in [2.75, 3.05) is 6.54 Å². The van der Waals surface area contributed by atoms with E-state index in [0.29, 0.717) is 19.4 Å². The van der Waals surface area contributed by atoms with Gasteiger partial charge in [0, 0.05) is 25.7 Å². The third kappa shape index (κ3) is 4.39. The molecule has 0 aliphatic heterocycles. The molecule has 0 saturated heterocycles. The fourth-order valence-electron chi connectivity index (χ4n) is 2.99. The zero-order valence-corrected chi connectivity index (χ0v) is 15.4. The van der Waals surface area contributed by atoms with E-state index in [0.717, 1.165) is 17.8 Å². The van der Waals surface area contributed by atoms with E-state index in [9.17, 15) is 4.79 Å². The van der Waals surface area contributed by atoms with Crippen LogP contribution >= 0.6 is 0 Å². The van der Waals surface area contributed by atoms with Gasteiger partial charge in [-0.15, -0.1) is 0 Å². The van der Waals surface area contributed by atoms with E-state index in [4.69, 9.17) is 0 Å². The second kappa shape index (κ2) is 8.48. The second-order valence-corrected chi connectivity index (χ2v) is 6.46. The molecule has 3 aromatic rings. The van der Waals surface area contributed by atoms with Crippen LogP contribution in [0.4, 0.5) is 0 Å². The number of aryl methyl sites for hydroxylation is 2. The van der Waals surface area contributed by atoms with Crippen molar-refractivity contribution in [3.8, 4) is 5.69 Å². The summed E-state index contributed by atoms with van der Waals surface area (Å²) in [5.41, 5.74) is 4.54. The number of hydrogen-bond donors (Lipinski definition) is 0. The van der Waals surface area contributed by atoms with E-state index in [2.05, 4.69) is 24.2 Å². The van der Waals surface area contributed by atoms with Gasteiger partial charge < -0.3 is 4.90 Å². The molecule has 0 aliphatic rings. The van der Waals surface area contributed by atoms with Gasteiger partial charge in [-0.05, 0) is 49.1 Å². The van der Waals surface area contributed by atoms with Crippen LogP contribution in [0, 0.1) is 6.92 Å². The van der Waals surface area contributed by atoms with Gasteiger partial charge in [0.15, 0.2) is 0 Å². The van der Waals surface area contributed by atoms with Crippen LogP contribution in [-0.4, -0.2) is 27.1 Å². The van der Waals surface area contributed by atoms with Crippen LogP contribution < -0.4 is 0 Å². The maximum Gasteiger partial charge on any atom is 0.223 e. The third-order valence-electron chi connectivity index (χ3n) is 4.64. The number of para-hydroxylation sites is 1. The minimum absolute atomic E-state index is 0.184. The molecule has 0 fully saturated rings. The topological polar surface area (TPSA) is 38.1 Å². The predicted octanol–water partition coefficient (Wildman–Crippen LogP) is 4.16. The van der Waals surface area contributed by atoms with Gasteiger partial charge in [0.25, 0.3) is 0 Å². The van der Waals surface area contributed by atoms with Crippen molar-refractivity contribution in [1.82, 2.24) is 14.7 Å². The van der Waals surface area contributed by atoms with Crippen molar-refractivity contribution >= 4 is 5.91 Å². The summed E-state index contributed by atoms with van der Waals surface area (Å²) in [4.78, 5) is 14.6. The Kier molecular flexibility index (Phi) is 5.84. The van der Waals surface area contributed by atoms with E-state index < -0.39 is 0 Å². The lowest BCUT2D eigenvalue weighted by Gasteiger charge is -2.22. The monoisotopic (exact) mass is 347 g/mol. The Labute approximate surface area is 155 Å². The predicted molar refractivity (Wildman–Crippen MR) is 104 cm³/mol. The molecular weight excluding hydrogens is 322 g/mol. The Morgan fingerprint density at radius 1 is 1.08 bits per heavy atom. The van der Waals surface area contributed by atoms with Crippen molar-refractivity contribution in [2.45, 2.75) is 33.2 Å². The summed E-state index contributed by atoms with van der Waals surface area (Å²) in [7, 11) is 0. The first-order valence-electron chi connectivity index (χ1n) is 9.08. The van der Waals surface area contributed by atoms with Crippen molar-refractivity contribution in [3.63, 3.8) is 0 Å². The second-order valence-electron chi connectivity index (χ2n) is 6.46. The number of rotatable bonds is 7. The molecule has 1 aromatic heterocycles. The average molecular weight is 347 g/mol. The van der Waals surface area contributed by atoms with Gasteiger partial charge >= 0.3 is 0 Å². The maximum absolute atomic E-state index is 12.6. The number of carbonyl (C=O) groups excluding carboxylic acids is 1. The summed E-state index contributed by atoms with van der Waals surface area (Å²) in [5.74, 6) is 0.184. The highest BCUT2D eigenvalue weighted by Crippen LogP contribution is 2.13. The number of aromatic nitrogens is 2. The summed E-state index contributed by atoms with van der Waals surface area (Å²) in [6.45, 7) is 5.51. The molecular formula is C22H25N3O. The van der Waals surface area contributed by atoms with Gasteiger partial charge in [-0.25, -0.2) is 4.68 Å². The summed E-state index contributed by atoms with van der Waals surface area (Å²) in [6.07, 6.45) is 5.05. The van der Waals surface area contributed by atoms with Crippen LogP contribution in [0.5, 0.6) is 0 Å². The van der Waals surface area contributed by atoms with E-state index in [1.54, 1.807) is 0 Å². The molecule has 2 aromatic carbocycles. The highest BCUT2D eigenvalue weighted by Gasteiger charge is 2.13. The molecule has 0 radical (unpaired) electrons. The molecule has 0 aliphatic carbocycles. The molecule has 26 heavy (non-hydrogen) atoms. The third-order valence-corrected chi connectivity index (χ3v) is 4.64. The van der Waals surface area contributed by atoms with Crippen LogP contribution in [0.3, 0.4) is 0 Å². The molecule has 0 N–H and O–H groups in total. The SMILES string of the molecule is CCN(Cc1ccccc1C)C(=O)CCc1cnn(-c2ccccc2)c1. The van der Waals surface area contributed by atoms with Gasteiger partial charge in [-0.2, -0.15) is 5.10 Å². The zero-order valence-electron chi connectivity index (χ0n) is 15.4. The van der Waals surface area contributed by atoms with Crippen molar-refractivity contribution < 1.29 is 4.79 Å². The zero-order chi connectivity index (χ0) is 18.4. The maximum atomic E-state index is 12.6. The van der Waals surface area contributed by atoms with Crippen LogP contribution in [-0.2, 0) is 17.8 Å². The smallest absolute Gasteiger partial charge is 0.223 e. The van der Waals surface area contributed by atoms with E-state index in [-0.39, 0.29) is 5.91 Å². The first-order chi connectivity index (χ1) is 12.7. The molecule has 3 rings (SSSR count). The Morgan fingerprint density at radius 2 is 1.81 bits per heavy atom. The first kappa shape index (κ1) is 17.9. The number of nitrogens with zero attached hydrogens (tertiary/aromatic N) is 3. The van der Waals surface area contributed by atoms with Crippen LogP contribution in [0.15, 0.2) is 67.0 Å². The molecule has 1 heterocycles. The molecule has 0 bridgehead atoms. The summed E-state index contributed by atoms with van der Waals surface area (Å²) in [6, 6.07) is 18.2. The molecule has 1 amide bonds. The highest BCUT2D eigenvalue weighted by atomic mass is 16.2. The first-order valence-corrected chi connectivity index (χ1v) is 9.08. The Morgan fingerprint density at radius 3 is 2.54 bits per heavy atom. The molecule has 0 atom stereocenters. The molecule has 4 nitrogen and oxygen atoms in total. The standard InChI is InChI=1S/C22H25N3O/c1-3-24(17-20-10-8-7-9-18(20)2)22(26)14-13-19-15-23-25(16-19)21-11-5-4-6-12-21/h4-12,15-16H,3,13-14,17H2,1-2H3. The van der Waals surface area contributed by atoms with Gasteiger partial charge in [0.1, 0.15) is 0 Å². The van der Waals surface area contributed by atoms with Crippen molar-refractivity contribution in [2.24, 2.45) is 0 Å². The lowest BCUT2D eigenvalue weighted by Crippen LogP contribution is -2.30. The molecule has 134 valence electrons. The fraction of sp³-hybridized carbons (Fsp3) is 0.273. The normalized spacial score (nSPS) is 10.7.